The predicted molar refractivity (Wildman–Crippen MR) is 113 cm³/mol. The Balaban J connectivity index is 1.68. The molecule has 0 amide bonds. The van der Waals surface area contributed by atoms with Crippen molar-refractivity contribution in [1.29, 1.82) is 0 Å². The predicted octanol–water partition coefficient (Wildman–Crippen LogP) is 4.33. The maximum absolute atomic E-state index is 14.8. The van der Waals surface area contributed by atoms with Gasteiger partial charge in [0.15, 0.2) is 5.52 Å². The summed E-state index contributed by atoms with van der Waals surface area (Å²) >= 11 is 0. The molecule has 0 aliphatic heterocycles. The molecule has 0 spiro atoms. The average Bonchev–Trinajstić information content (AvgIpc) is 2.76. The minimum absolute atomic E-state index is 0.0655. The number of benzene rings is 1. The van der Waals surface area contributed by atoms with Gasteiger partial charge in [-0.25, -0.2) is 14.4 Å². The van der Waals surface area contributed by atoms with E-state index in [1.807, 2.05) is 6.07 Å². The van der Waals surface area contributed by atoms with Gasteiger partial charge in [0.05, 0.1) is 24.1 Å². The first-order valence-corrected chi connectivity index (χ1v) is 8.94. The smallest absolute Gasteiger partial charge is 0.280 e. The number of hydrogen-bond acceptors (Lipinski definition) is 4. The molecule has 0 N–H and O–H groups in total. The summed E-state index contributed by atoms with van der Waals surface area (Å²) in [6, 6.07) is 10.2. The molecule has 29 heavy (non-hydrogen) atoms. The molecule has 0 unspecified atom stereocenters. The number of rotatable bonds is 5. The summed E-state index contributed by atoms with van der Waals surface area (Å²) in [6.07, 6.45) is 7.95. The third-order valence-electron chi connectivity index (χ3n) is 4.68. The van der Waals surface area contributed by atoms with Crippen LogP contribution in [0.3, 0.4) is 0 Å². The fourth-order valence-corrected chi connectivity index (χ4v) is 3.12. The Morgan fingerprint density at radius 2 is 1.90 bits per heavy atom. The molecule has 5 nitrogen and oxygen atoms in total. The topological polar surface area (TPSA) is 60.7 Å². The molecule has 6 heteroatoms. The normalized spacial score (nSPS) is 10.8. The number of pyridine rings is 2. The van der Waals surface area contributed by atoms with Crippen molar-refractivity contribution in [2.75, 3.05) is 0 Å². The Bertz CT molecular complexity index is 1310. The van der Waals surface area contributed by atoms with Crippen molar-refractivity contribution in [2.24, 2.45) is 0 Å². The Morgan fingerprint density at radius 3 is 2.66 bits per heavy atom. The molecule has 0 bridgehead atoms. The number of aromatic nitrogens is 4. The number of nitrogens with zero attached hydrogens (tertiary/aromatic N) is 4. The molecule has 4 aromatic rings. The van der Waals surface area contributed by atoms with E-state index >= 15 is 0 Å². The molecule has 4 rings (SSSR count). The highest BCUT2D eigenvalue weighted by Gasteiger charge is 2.10. The highest BCUT2D eigenvalue weighted by atomic mass is 19.1. The van der Waals surface area contributed by atoms with Crippen molar-refractivity contribution in [3.8, 4) is 11.1 Å². The zero-order chi connectivity index (χ0) is 20.4. The highest BCUT2D eigenvalue weighted by Crippen LogP contribution is 2.24. The van der Waals surface area contributed by atoms with Crippen LogP contribution in [0.15, 0.2) is 73.1 Å². The van der Waals surface area contributed by atoms with Crippen LogP contribution in [0.2, 0.25) is 0 Å². The number of halogens is 1. The second-order valence-electron chi connectivity index (χ2n) is 6.46. The van der Waals surface area contributed by atoms with E-state index in [2.05, 4.69) is 28.1 Å². The van der Waals surface area contributed by atoms with Gasteiger partial charge in [0.1, 0.15) is 5.82 Å². The van der Waals surface area contributed by atoms with Crippen molar-refractivity contribution in [3.05, 3.63) is 101 Å². The minimum atomic E-state index is -0.413. The van der Waals surface area contributed by atoms with Crippen LogP contribution in [0, 0.1) is 5.82 Å². The third-order valence-corrected chi connectivity index (χ3v) is 4.68. The van der Waals surface area contributed by atoms with Gasteiger partial charge in [-0.3, -0.25) is 14.3 Å². The maximum atomic E-state index is 14.8. The molecule has 0 aliphatic rings. The van der Waals surface area contributed by atoms with E-state index in [0.29, 0.717) is 16.6 Å². The zero-order valence-electron chi connectivity index (χ0n) is 15.5. The Hall–Kier alpha value is -3.93. The lowest BCUT2D eigenvalue weighted by molar-refractivity contribution is 0.595. The molecule has 0 fully saturated rings. The largest absolute Gasteiger partial charge is 0.293 e. The molecule has 1 aromatic carbocycles. The first-order valence-electron chi connectivity index (χ1n) is 8.94. The summed E-state index contributed by atoms with van der Waals surface area (Å²) in [5, 5.41) is 0. The Kier molecular flexibility index (Phi) is 4.83. The zero-order valence-corrected chi connectivity index (χ0v) is 15.5. The molecule has 0 saturated carbocycles. The van der Waals surface area contributed by atoms with Crippen LogP contribution in [0.1, 0.15) is 16.8 Å². The fraction of sp³-hybridized carbons (Fsp3) is 0.0435. The molecule has 3 heterocycles. The third kappa shape index (κ3) is 3.48. The van der Waals surface area contributed by atoms with Gasteiger partial charge in [-0.15, -0.1) is 0 Å². The molecule has 0 atom stereocenters. The fourth-order valence-electron chi connectivity index (χ4n) is 3.12. The van der Waals surface area contributed by atoms with Crippen molar-refractivity contribution in [1.82, 2.24) is 19.5 Å². The van der Waals surface area contributed by atoms with E-state index in [9.17, 15) is 9.18 Å². The van der Waals surface area contributed by atoms with Crippen molar-refractivity contribution >= 4 is 23.2 Å². The molecule has 3 aromatic heterocycles. The quantitative estimate of drug-likeness (QED) is 0.514. The number of hydrogen-bond donors (Lipinski definition) is 0. The SMILES string of the molecule is C=Cc1cc(-c2ccc(Cn3cnc4cccnc4c3=O)c(F)c2)cnc1C=C. The van der Waals surface area contributed by atoms with Crippen LogP contribution in [0.4, 0.5) is 4.39 Å². The van der Waals surface area contributed by atoms with Crippen LogP contribution in [-0.2, 0) is 6.54 Å². The van der Waals surface area contributed by atoms with Gasteiger partial charge in [0, 0.05) is 29.1 Å². The second kappa shape index (κ2) is 7.59. The standard InChI is InChI=1S/C23H17FN4O/c1-3-15-10-18(12-26-20(15)4-2)16-7-8-17(19(24)11-16)13-28-14-27-21-6-5-9-25-22(21)23(28)29/h3-12,14H,1-2,13H2. The van der Waals surface area contributed by atoms with Crippen LogP contribution in [-0.4, -0.2) is 19.5 Å². The van der Waals surface area contributed by atoms with Gasteiger partial charge in [-0.2, -0.15) is 0 Å². The van der Waals surface area contributed by atoms with Crippen LogP contribution >= 0.6 is 0 Å². The van der Waals surface area contributed by atoms with Gasteiger partial charge < -0.3 is 0 Å². The van der Waals surface area contributed by atoms with Crippen LogP contribution in [0.5, 0.6) is 0 Å². The van der Waals surface area contributed by atoms with E-state index in [4.69, 9.17) is 0 Å². The van der Waals surface area contributed by atoms with Crippen molar-refractivity contribution in [2.45, 2.75) is 6.54 Å². The van der Waals surface area contributed by atoms with Gasteiger partial charge in [0.2, 0.25) is 0 Å². The molecular weight excluding hydrogens is 367 g/mol. The lowest BCUT2D eigenvalue weighted by Crippen LogP contribution is -2.22. The van der Waals surface area contributed by atoms with E-state index < -0.39 is 5.82 Å². The lowest BCUT2D eigenvalue weighted by Gasteiger charge is -2.10. The maximum Gasteiger partial charge on any atom is 0.280 e. The van der Waals surface area contributed by atoms with Gasteiger partial charge in [0.25, 0.3) is 5.56 Å². The summed E-state index contributed by atoms with van der Waals surface area (Å²) < 4.78 is 16.1. The molecule has 142 valence electrons. The van der Waals surface area contributed by atoms with E-state index in [1.165, 1.54) is 23.2 Å². The minimum Gasteiger partial charge on any atom is -0.293 e. The van der Waals surface area contributed by atoms with Crippen molar-refractivity contribution < 1.29 is 4.39 Å². The molecular formula is C23H17FN4O. The molecule has 0 radical (unpaired) electrons. The lowest BCUT2D eigenvalue weighted by atomic mass is 10.0. The van der Waals surface area contributed by atoms with Gasteiger partial charge in [-0.1, -0.05) is 31.4 Å². The Morgan fingerprint density at radius 1 is 1.03 bits per heavy atom. The van der Waals surface area contributed by atoms with Crippen LogP contribution < -0.4 is 5.56 Å². The Labute approximate surface area is 166 Å². The van der Waals surface area contributed by atoms with Gasteiger partial charge >= 0.3 is 0 Å². The first-order chi connectivity index (χ1) is 14.1. The second-order valence-corrected chi connectivity index (χ2v) is 6.46. The van der Waals surface area contributed by atoms with Crippen LogP contribution in [0.25, 0.3) is 34.3 Å². The van der Waals surface area contributed by atoms with E-state index in [0.717, 1.165) is 16.8 Å². The van der Waals surface area contributed by atoms with E-state index in [1.54, 1.807) is 42.6 Å². The monoisotopic (exact) mass is 384 g/mol. The summed E-state index contributed by atoms with van der Waals surface area (Å²) in [5.41, 5.74) is 3.84. The van der Waals surface area contributed by atoms with E-state index in [-0.39, 0.29) is 17.6 Å². The summed E-state index contributed by atoms with van der Waals surface area (Å²) in [5.74, 6) is -0.413. The molecule has 0 aliphatic carbocycles. The summed E-state index contributed by atoms with van der Waals surface area (Å²) in [4.78, 5) is 25.2. The van der Waals surface area contributed by atoms with Gasteiger partial charge in [-0.05, 0) is 35.9 Å². The highest BCUT2D eigenvalue weighted by molar-refractivity contribution is 5.72. The first kappa shape index (κ1) is 18.4. The van der Waals surface area contributed by atoms with Crippen molar-refractivity contribution in [3.63, 3.8) is 0 Å². The summed E-state index contributed by atoms with van der Waals surface area (Å²) in [7, 11) is 0. The number of fused-ring (bicyclic) bond motifs is 1. The molecule has 0 saturated heterocycles. The average molecular weight is 384 g/mol. The summed E-state index contributed by atoms with van der Waals surface area (Å²) in [6.45, 7) is 7.57.